The molecule has 0 heterocycles. The number of esters is 1. The molecule has 0 saturated heterocycles. The maximum atomic E-state index is 13.5. The minimum Gasteiger partial charge on any atom is -0.489 e. The van der Waals surface area contributed by atoms with Gasteiger partial charge in [0.1, 0.15) is 23.9 Å². The van der Waals surface area contributed by atoms with Crippen LogP contribution < -0.4 is 9.47 Å². The maximum absolute atomic E-state index is 13.5. The SMILES string of the molecule is CCC(=O)Oc1cccc(Cl)c1COc1ccc(C)c(F)c1. The third-order valence-corrected chi connectivity index (χ3v) is 3.47. The topological polar surface area (TPSA) is 35.5 Å². The van der Waals surface area contributed by atoms with Crippen molar-refractivity contribution in [2.45, 2.75) is 26.9 Å². The van der Waals surface area contributed by atoms with Crippen molar-refractivity contribution in [3.63, 3.8) is 0 Å². The number of carbonyl (C=O) groups is 1. The first kappa shape index (κ1) is 16.3. The molecule has 0 saturated carbocycles. The predicted octanol–water partition coefficient (Wildman–Crippen LogP) is 4.68. The lowest BCUT2D eigenvalue weighted by Crippen LogP contribution is -2.09. The number of hydrogen-bond acceptors (Lipinski definition) is 3. The van der Waals surface area contributed by atoms with Gasteiger partial charge in [0.05, 0.1) is 10.6 Å². The van der Waals surface area contributed by atoms with E-state index in [1.165, 1.54) is 6.07 Å². The van der Waals surface area contributed by atoms with Crippen LogP contribution in [0.3, 0.4) is 0 Å². The van der Waals surface area contributed by atoms with E-state index >= 15 is 0 Å². The highest BCUT2D eigenvalue weighted by molar-refractivity contribution is 6.31. The van der Waals surface area contributed by atoms with E-state index in [4.69, 9.17) is 21.1 Å². The first-order valence-corrected chi connectivity index (χ1v) is 7.26. The van der Waals surface area contributed by atoms with E-state index in [1.807, 2.05) is 0 Å². The fourth-order valence-corrected chi connectivity index (χ4v) is 2.01. The second-order valence-electron chi connectivity index (χ2n) is 4.74. The van der Waals surface area contributed by atoms with Gasteiger partial charge in [0.15, 0.2) is 0 Å². The van der Waals surface area contributed by atoms with Crippen molar-refractivity contribution >= 4 is 17.6 Å². The molecule has 5 heteroatoms. The van der Waals surface area contributed by atoms with E-state index in [1.54, 1.807) is 44.2 Å². The summed E-state index contributed by atoms with van der Waals surface area (Å²) in [5, 5.41) is 0.425. The van der Waals surface area contributed by atoms with Crippen LogP contribution in [0.1, 0.15) is 24.5 Å². The van der Waals surface area contributed by atoms with Gasteiger partial charge in [-0.05, 0) is 30.7 Å². The van der Waals surface area contributed by atoms with Crippen molar-refractivity contribution in [1.29, 1.82) is 0 Å². The van der Waals surface area contributed by atoms with Crippen LogP contribution in [0.5, 0.6) is 11.5 Å². The summed E-state index contributed by atoms with van der Waals surface area (Å²) < 4.78 is 24.3. The third kappa shape index (κ3) is 3.98. The Morgan fingerprint density at radius 3 is 2.73 bits per heavy atom. The number of rotatable bonds is 5. The van der Waals surface area contributed by atoms with Crippen molar-refractivity contribution in [2.75, 3.05) is 0 Å². The number of ether oxygens (including phenoxy) is 2. The smallest absolute Gasteiger partial charge is 0.310 e. The monoisotopic (exact) mass is 322 g/mol. The first-order valence-electron chi connectivity index (χ1n) is 6.88. The molecule has 0 aliphatic heterocycles. The number of halogens is 2. The summed E-state index contributed by atoms with van der Waals surface area (Å²) in [6.07, 6.45) is 0.260. The fourth-order valence-electron chi connectivity index (χ4n) is 1.79. The number of aryl methyl sites for hydroxylation is 1. The van der Waals surface area contributed by atoms with E-state index in [0.717, 1.165) is 0 Å². The highest BCUT2D eigenvalue weighted by Crippen LogP contribution is 2.28. The molecule has 0 N–H and O–H groups in total. The van der Waals surface area contributed by atoms with Gasteiger partial charge in [-0.1, -0.05) is 30.7 Å². The molecule has 0 amide bonds. The summed E-state index contributed by atoms with van der Waals surface area (Å²) in [4.78, 5) is 11.4. The van der Waals surface area contributed by atoms with Crippen molar-refractivity contribution < 1.29 is 18.7 Å². The van der Waals surface area contributed by atoms with Crippen LogP contribution in [0.25, 0.3) is 0 Å². The average Bonchev–Trinajstić information content (AvgIpc) is 2.50. The normalized spacial score (nSPS) is 10.4. The van der Waals surface area contributed by atoms with Crippen LogP contribution in [0, 0.1) is 12.7 Å². The molecule has 22 heavy (non-hydrogen) atoms. The molecule has 0 unspecified atom stereocenters. The largest absolute Gasteiger partial charge is 0.489 e. The second-order valence-corrected chi connectivity index (χ2v) is 5.15. The zero-order valence-electron chi connectivity index (χ0n) is 12.4. The lowest BCUT2D eigenvalue weighted by Gasteiger charge is -2.13. The van der Waals surface area contributed by atoms with Gasteiger partial charge >= 0.3 is 5.97 Å². The zero-order chi connectivity index (χ0) is 16.1. The lowest BCUT2D eigenvalue weighted by molar-refractivity contribution is -0.134. The van der Waals surface area contributed by atoms with Gasteiger partial charge in [-0.15, -0.1) is 0 Å². The lowest BCUT2D eigenvalue weighted by atomic mass is 10.2. The van der Waals surface area contributed by atoms with Gasteiger partial charge in [0.25, 0.3) is 0 Å². The molecule has 3 nitrogen and oxygen atoms in total. The third-order valence-electron chi connectivity index (χ3n) is 3.11. The summed E-state index contributed by atoms with van der Waals surface area (Å²) in [5.74, 6) is 0.0434. The minimum absolute atomic E-state index is 0.0779. The quantitative estimate of drug-likeness (QED) is 0.592. The molecule has 0 aromatic heterocycles. The Morgan fingerprint density at radius 2 is 2.05 bits per heavy atom. The fraction of sp³-hybridized carbons (Fsp3) is 0.235. The van der Waals surface area contributed by atoms with Crippen LogP contribution in [-0.4, -0.2) is 5.97 Å². The molecule has 0 atom stereocenters. The summed E-state index contributed by atoms with van der Waals surface area (Å²) in [6.45, 7) is 3.46. The Morgan fingerprint density at radius 1 is 1.27 bits per heavy atom. The Labute approximate surface area is 133 Å². The molecule has 116 valence electrons. The standard InChI is InChI=1S/C17H16ClFO3/c1-3-17(20)22-16-6-4-5-14(18)13(16)10-21-12-8-7-11(2)15(19)9-12/h4-9H,3,10H2,1-2H3. The van der Waals surface area contributed by atoms with E-state index in [0.29, 0.717) is 27.6 Å². The van der Waals surface area contributed by atoms with Crippen LogP contribution in [0.15, 0.2) is 36.4 Å². The number of carbonyl (C=O) groups excluding carboxylic acids is 1. The summed E-state index contributed by atoms with van der Waals surface area (Å²) in [7, 11) is 0. The van der Waals surface area contributed by atoms with E-state index < -0.39 is 0 Å². The molecular weight excluding hydrogens is 307 g/mol. The zero-order valence-corrected chi connectivity index (χ0v) is 13.1. The van der Waals surface area contributed by atoms with Gasteiger partial charge in [0.2, 0.25) is 0 Å². The minimum atomic E-state index is -0.357. The molecule has 0 aliphatic rings. The average molecular weight is 323 g/mol. The van der Waals surface area contributed by atoms with E-state index in [-0.39, 0.29) is 24.8 Å². The molecule has 0 bridgehead atoms. The van der Waals surface area contributed by atoms with Gasteiger partial charge in [0, 0.05) is 12.5 Å². The summed E-state index contributed by atoms with van der Waals surface area (Å²) in [5.41, 5.74) is 1.09. The Balaban J connectivity index is 2.17. The van der Waals surface area contributed by atoms with Crippen molar-refractivity contribution in [3.05, 3.63) is 58.4 Å². The van der Waals surface area contributed by atoms with Gasteiger partial charge in [-0.2, -0.15) is 0 Å². The summed E-state index contributed by atoms with van der Waals surface area (Å²) >= 11 is 6.13. The van der Waals surface area contributed by atoms with Crippen LogP contribution in [-0.2, 0) is 11.4 Å². The second kappa shape index (κ2) is 7.27. The molecule has 2 rings (SSSR count). The Kier molecular flexibility index (Phi) is 5.39. The van der Waals surface area contributed by atoms with Crippen molar-refractivity contribution in [1.82, 2.24) is 0 Å². The van der Waals surface area contributed by atoms with Gasteiger partial charge in [-0.3, -0.25) is 4.79 Å². The van der Waals surface area contributed by atoms with Crippen molar-refractivity contribution in [2.24, 2.45) is 0 Å². The summed E-state index contributed by atoms with van der Waals surface area (Å²) in [6, 6.07) is 9.63. The van der Waals surface area contributed by atoms with Gasteiger partial charge in [-0.25, -0.2) is 4.39 Å². The predicted molar refractivity (Wildman–Crippen MR) is 82.8 cm³/mol. The van der Waals surface area contributed by atoms with Crippen LogP contribution >= 0.6 is 11.6 Å². The molecule has 2 aromatic rings. The van der Waals surface area contributed by atoms with E-state index in [2.05, 4.69) is 0 Å². The number of hydrogen-bond donors (Lipinski definition) is 0. The number of benzene rings is 2. The van der Waals surface area contributed by atoms with Gasteiger partial charge < -0.3 is 9.47 Å². The van der Waals surface area contributed by atoms with Crippen LogP contribution in [0.2, 0.25) is 5.02 Å². The highest BCUT2D eigenvalue weighted by Gasteiger charge is 2.12. The molecule has 0 radical (unpaired) electrons. The van der Waals surface area contributed by atoms with E-state index in [9.17, 15) is 9.18 Å². The first-order chi connectivity index (χ1) is 10.5. The molecule has 2 aromatic carbocycles. The molecule has 0 spiro atoms. The maximum Gasteiger partial charge on any atom is 0.310 e. The Bertz CT molecular complexity index is 686. The highest BCUT2D eigenvalue weighted by atomic mass is 35.5. The van der Waals surface area contributed by atoms with Crippen LogP contribution in [0.4, 0.5) is 4.39 Å². The van der Waals surface area contributed by atoms with Crippen molar-refractivity contribution in [3.8, 4) is 11.5 Å². The molecule has 0 aliphatic carbocycles. The molecular formula is C17H16ClFO3. The Hall–Kier alpha value is -2.07. The molecule has 0 fully saturated rings.